The van der Waals surface area contributed by atoms with E-state index in [-0.39, 0.29) is 0 Å². The number of rotatable bonds is 4. The Morgan fingerprint density at radius 2 is 2.19 bits per heavy atom. The van der Waals surface area contributed by atoms with Crippen molar-refractivity contribution < 1.29 is 0 Å². The Kier molecular flexibility index (Phi) is 4.33. The van der Waals surface area contributed by atoms with E-state index in [0.717, 1.165) is 17.1 Å². The molecule has 0 saturated carbocycles. The molecule has 1 aromatic rings. The van der Waals surface area contributed by atoms with E-state index in [1.54, 1.807) is 0 Å². The quantitative estimate of drug-likeness (QED) is 0.781. The lowest BCUT2D eigenvalue weighted by atomic mass is 10.1. The number of anilines is 1. The van der Waals surface area contributed by atoms with Crippen LogP contribution < -0.4 is 10.6 Å². The largest absolute Gasteiger partial charge is 0.349 e. The van der Waals surface area contributed by atoms with E-state index in [4.69, 9.17) is 12.2 Å². The Morgan fingerprint density at radius 3 is 2.69 bits per heavy atom. The van der Waals surface area contributed by atoms with Gasteiger partial charge < -0.3 is 10.6 Å². The summed E-state index contributed by atoms with van der Waals surface area (Å²) in [7, 11) is 1.94. The highest BCUT2D eigenvalue weighted by molar-refractivity contribution is 5.43. The number of nitrogens with zero attached hydrogens (tertiary/aromatic N) is 2. The van der Waals surface area contributed by atoms with Gasteiger partial charge in [-0.3, -0.25) is 0 Å². The van der Waals surface area contributed by atoms with E-state index in [2.05, 4.69) is 30.8 Å². The molecule has 0 aromatic carbocycles. The van der Waals surface area contributed by atoms with Crippen molar-refractivity contribution in [3.8, 4) is 12.3 Å². The van der Waals surface area contributed by atoms with Gasteiger partial charge in [0.05, 0.1) is 6.54 Å². The van der Waals surface area contributed by atoms with Crippen LogP contribution in [-0.2, 0) is 6.54 Å². The van der Waals surface area contributed by atoms with Crippen molar-refractivity contribution in [3.63, 3.8) is 0 Å². The van der Waals surface area contributed by atoms with E-state index >= 15 is 0 Å². The van der Waals surface area contributed by atoms with Crippen LogP contribution in [0, 0.1) is 12.3 Å². The molecule has 0 aliphatic rings. The Labute approximate surface area is 97.7 Å². The molecular formula is C13H19N3. The number of hydrogen-bond acceptors (Lipinski definition) is 3. The normalized spacial score (nSPS) is 10.2. The summed E-state index contributed by atoms with van der Waals surface area (Å²) in [5.41, 5.74) is 7.83. The van der Waals surface area contributed by atoms with E-state index in [9.17, 15) is 0 Å². The molecule has 0 atom stereocenters. The van der Waals surface area contributed by atoms with Crippen LogP contribution in [0.1, 0.15) is 31.0 Å². The molecule has 1 heterocycles. The molecule has 16 heavy (non-hydrogen) atoms. The summed E-state index contributed by atoms with van der Waals surface area (Å²) in [4.78, 5) is 6.52. The molecule has 0 aliphatic carbocycles. The lowest BCUT2D eigenvalue weighted by Crippen LogP contribution is -2.19. The fourth-order valence-electron chi connectivity index (χ4n) is 1.42. The van der Waals surface area contributed by atoms with Gasteiger partial charge in [-0.05, 0) is 23.6 Å². The molecule has 0 unspecified atom stereocenters. The zero-order valence-corrected chi connectivity index (χ0v) is 10.2. The molecule has 0 saturated heterocycles. The first kappa shape index (κ1) is 12.5. The minimum Gasteiger partial charge on any atom is -0.349 e. The molecule has 0 spiro atoms. The summed E-state index contributed by atoms with van der Waals surface area (Å²) >= 11 is 0. The van der Waals surface area contributed by atoms with Crippen LogP contribution in [0.5, 0.6) is 0 Å². The smallest absolute Gasteiger partial charge is 0.129 e. The van der Waals surface area contributed by atoms with Crippen molar-refractivity contribution >= 4 is 5.82 Å². The second kappa shape index (κ2) is 5.53. The third kappa shape index (κ3) is 2.98. The average molecular weight is 217 g/mol. The van der Waals surface area contributed by atoms with Gasteiger partial charge in [-0.25, -0.2) is 4.98 Å². The van der Waals surface area contributed by atoms with Gasteiger partial charge >= 0.3 is 0 Å². The van der Waals surface area contributed by atoms with Crippen molar-refractivity contribution in [1.29, 1.82) is 0 Å². The Morgan fingerprint density at radius 1 is 1.50 bits per heavy atom. The van der Waals surface area contributed by atoms with Crippen LogP contribution in [0.15, 0.2) is 12.1 Å². The molecule has 3 nitrogen and oxygen atoms in total. The van der Waals surface area contributed by atoms with Gasteiger partial charge in [0.1, 0.15) is 5.82 Å². The van der Waals surface area contributed by atoms with Gasteiger partial charge in [-0.2, -0.15) is 0 Å². The second-order valence-electron chi connectivity index (χ2n) is 4.18. The van der Waals surface area contributed by atoms with E-state index in [1.807, 2.05) is 18.0 Å². The first-order valence-electron chi connectivity index (χ1n) is 5.44. The van der Waals surface area contributed by atoms with Crippen molar-refractivity contribution in [1.82, 2.24) is 4.98 Å². The standard InChI is InChI=1S/C13H19N3/c1-5-6-16(4)13-8-11(9-14)7-12(15-13)10(2)3/h1,7-8,10H,6,9,14H2,2-4H3. The van der Waals surface area contributed by atoms with Gasteiger partial charge in [-0.15, -0.1) is 6.42 Å². The van der Waals surface area contributed by atoms with Crippen LogP contribution in [0.3, 0.4) is 0 Å². The summed E-state index contributed by atoms with van der Waals surface area (Å²) in [5.74, 6) is 3.89. The Bertz CT molecular complexity index is 391. The predicted molar refractivity (Wildman–Crippen MR) is 68.3 cm³/mol. The number of pyridine rings is 1. The SMILES string of the molecule is C#CCN(C)c1cc(CN)cc(C(C)C)n1. The fraction of sp³-hybridized carbons (Fsp3) is 0.462. The lowest BCUT2D eigenvalue weighted by molar-refractivity contribution is 0.809. The molecule has 0 radical (unpaired) electrons. The molecule has 1 aromatic heterocycles. The number of terminal acetylenes is 1. The average Bonchev–Trinajstić information content (AvgIpc) is 2.28. The lowest BCUT2D eigenvalue weighted by Gasteiger charge is -2.18. The van der Waals surface area contributed by atoms with Crippen LogP contribution >= 0.6 is 0 Å². The molecule has 1 rings (SSSR count). The summed E-state index contributed by atoms with van der Waals surface area (Å²) in [6.07, 6.45) is 5.29. The summed E-state index contributed by atoms with van der Waals surface area (Å²) in [6, 6.07) is 4.04. The van der Waals surface area contributed by atoms with E-state index in [1.165, 1.54) is 0 Å². The molecule has 86 valence electrons. The number of hydrogen-bond donors (Lipinski definition) is 1. The van der Waals surface area contributed by atoms with Gasteiger partial charge in [0.15, 0.2) is 0 Å². The topological polar surface area (TPSA) is 42.1 Å². The Balaban J connectivity index is 3.09. The van der Waals surface area contributed by atoms with Crippen molar-refractivity contribution in [3.05, 3.63) is 23.4 Å². The highest BCUT2D eigenvalue weighted by Crippen LogP contribution is 2.19. The molecule has 0 aliphatic heterocycles. The highest BCUT2D eigenvalue weighted by atomic mass is 15.2. The summed E-state index contributed by atoms with van der Waals surface area (Å²) < 4.78 is 0. The molecule has 3 heteroatoms. The van der Waals surface area contributed by atoms with Crippen LogP contribution in [0.2, 0.25) is 0 Å². The molecular weight excluding hydrogens is 198 g/mol. The molecule has 2 N–H and O–H groups in total. The maximum atomic E-state index is 5.68. The van der Waals surface area contributed by atoms with Crippen molar-refractivity contribution in [2.75, 3.05) is 18.5 Å². The first-order chi connectivity index (χ1) is 7.58. The second-order valence-corrected chi connectivity index (χ2v) is 4.18. The minimum atomic E-state index is 0.393. The van der Waals surface area contributed by atoms with Gasteiger partial charge in [0, 0.05) is 19.3 Å². The molecule has 0 fully saturated rings. The fourth-order valence-corrected chi connectivity index (χ4v) is 1.42. The van der Waals surface area contributed by atoms with Crippen molar-refractivity contribution in [2.45, 2.75) is 26.3 Å². The monoisotopic (exact) mass is 217 g/mol. The third-order valence-electron chi connectivity index (χ3n) is 2.44. The van der Waals surface area contributed by atoms with Crippen LogP contribution in [0.25, 0.3) is 0 Å². The zero-order chi connectivity index (χ0) is 12.1. The predicted octanol–water partition coefficient (Wildman–Crippen LogP) is 1.73. The number of nitrogens with two attached hydrogens (primary N) is 1. The van der Waals surface area contributed by atoms with Crippen molar-refractivity contribution in [2.24, 2.45) is 5.73 Å². The summed E-state index contributed by atoms with van der Waals surface area (Å²) in [6.45, 7) is 5.32. The third-order valence-corrected chi connectivity index (χ3v) is 2.44. The van der Waals surface area contributed by atoms with Crippen LogP contribution in [-0.4, -0.2) is 18.6 Å². The van der Waals surface area contributed by atoms with Gasteiger partial charge in [-0.1, -0.05) is 19.8 Å². The van der Waals surface area contributed by atoms with Gasteiger partial charge in [0.25, 0.3) is 0 Å². The summed E-state index contributed by atoms with van der Waals surface area (Å²) in [5, 5.41) is 0. The number of aromatic nitrogens is 1. The first-order valence-corrected chi connectivity index (χ1v) is 5.44. The maximum Gasteiger partial charge on any atom is 0.129 e. The van der Waals surface area contributed by atoms with E-state index < -0.39 is 0 Å². The zero-order valence-electron chi connectivity index (χ0n) is 10.2. The van der Waals surface area contributed by atoms with Crippen LogP contribution in [0.4, 0.5) is 5.82 Å². The maximum absolute atomic E-state index is 5.68. The van der Waals surface area contributed by atoms with Gasteiger partial charge in [0.2, 0.25) is 0 Å². The minimum absolute atomic E-state index is 0.393. The molecule has 0 bridgehead atoms. The van der Waals surface area contributed by atoms with E-state index in [0.29, 0.717) is 19.0 Å². The molecule has 0 amide bonds. The highest BCUT2D eigenvalue weighted by Gasteiger charge is 2.08. The Hall–Kier alpha value is -1.53.